The molecule has 1 N–H and O–H groups in total. The van der Waals surface area contributed by atoms with Gasteiger partial charge in [0.25, 0.3) is 0 Å². The summed E-state index contributed by atoms with van der Waals surface area (Å²) >= 11 is 0. The predicted molar refractivity (Wildman–Crippen MR) is 67.6 cm³/mol. The second-order valence-corrected chi connectivity index (χ2v) is 5.05. The van der Waals surface area contributed by atoms with Crippen LogP contribution in [0.3, 0.4) is 0 Å². The lowest BCUT2D eigenvalue weighted by molar-refractivity contribution is 0.0689. The van der Waals surface area contributed by atoms with Crippen LogP contribution in [0.2, 0.25) is 0 Å². The number of hydrogen-bond donors (Lipinski definition) is 1. The van der Waals surface area contributed by atoms with Crippen molar-refractivity contribution in [2.75, 3.05) is 0 Å². The molecule has 0 atom stereocenters. The molecule has 1 fully saturated rings. The number of carboxylic acids is 1. The lowest BCUT2D eigenvalue weighted by atomic mass is 9.85. The number of carboxylic acid groups (broad SMARTS) is 1. The monoisotopic (exact) mass is 251 g/mol. The maximum Gasteiger partial charge on any atom is 0.358 e. The molecule has 100 valence electrons. The average Bonchev–Trinajstić information content (AvgIpc) is 2.80. The van der Waals surface area contributed by atoms with Crippen LogP contribution in [0, 0.1) is 5.92 Å². The Hall–Kier alpha value is -1.39. The number of aromatic nitrogens is 3. The zero-order valence-corrected chi connectivity index (χ0v) is 10.9. The minimum Gasteiger partial charge on any atom is -0.476 e. The molecule has 0 spiro atoms. The first-order chi connectivity index (χ1) is 8.72. The predicted octanol–water partition coefficient (Wildman–Crippen LogP) is 2.51. The molecular weight excluding hydrogens is 230 g/mol. The summed E-state index contributed by atoms with van der Waals surface area (Å²) in [5.41, 5.74) is 0.920. The van der Waals surface area contributed by atoms with E-state index in [9.17, 15) is 4.79 Å². The fraction of sp³-hybridized carbons (Fsp3) is 0.769. The van der Waals surface area contributed by atoms with Crippen molar-refractivity contribution in [3.8, 4) is 0 Å². The first-order valence-corrected chi connectivity index (χ1v) is 6.88. The van der Waals surface area contributed by atoms with Crippen molar-refractivity contribution in [3.63, 3.8) is 0 Å². The van der Waals surface area contributed by atoms with Crippen LogP contribution in [0.5, 0.6) is 0 Å². The summed E-state index contributed by atoms with van der Waals surface area (Å²) in [6.07, 6.45) is 8.42. The Balaban J connectivity index is 2.02. The number of carbonyl (C=O) groups is 1. The number of hydrogen-bond acceptors (Lipinski definition) is 3. The van der Waals surface area contributed by atoms with E-state index in [2.05, 4.69) is 10.3 Å². The Bertz CT molecular complexity index is 408. The molecular formula is C13H21N3O2. The smallest absolute Gasteiger partial charge is 0.358 e. The molecule has 1 saturated carbocycles. The van der Waals surface area contributed by atoms with Crippen LogP contribution in [0.4, 0.5) is 0 Å². The Morgan fingerprint density at radius 3 is 2.72 bits per heavy atom. The van der Waals surface area contributed by atoms with E-state index in [1.54, 1.807) is 4.68 Å². The molecule has 5 heteroatoms. The third kappa shape index (κ3) is 2.89. The quantitative estimate of drug-likeness (QED) is 0.873. The van der Waals surface area contributed by atoms with Crippen LogP contribution in [0.15, 0.2) is 0 Å². The molecule has 0 bridgehead atoms. The fourth-order valence-corrected chi connectivity index (χ4v) is 2.82. The van der Waals surface area contributed by atoms with Crippen LogP contribution in [0.25, 0.3) is 0 Å². The molecule has 0 radical (unpaired) electrons. The van der Waals surface area contributed by atoms with E-state index in [0.29, 0.717) is 6.54 Å². The van der Waals surface area contributed by atoms with Gasteiger partial charge in [-0.2, -0.15) is 0 Å². The van der Waals surface area contributed by atoms with Gasteiger partial charge in [-0.3, -0.25) is 0 Å². The van der Waals surface area contributed by atoms with Crippen LogP contribution in [-0.4, -0.2) is 26.1 Å². The zero-order chi connectivity index (χ0) is 13.0. The molecule has 5 nitrogen and oxygen atoms in total. The highest BCUT2D eigenvalue weighted by Gasteiger charge is 2.20. The fourth-order valence-electron chi connectivity index (χ4n) is 2.82. The van der Waals surface area contributed by atoms with Crippen molar-refractivity contribution in [2.24, 2.45) is 5.92 Å². The molecule has 0 saturated heterocycles. The van der Waals surface area contributed by atoms with Gasteiger partial charge in [0.05, 0.1) is 5.69 Å². The minimum absolute atomic E-state index is 0.132. The zero-order valence-electron chi connectivity index (χ0n) is 10.9. The molecule has 1 aromatic heterocycles. The Morgan fingerprint density at radius 2 is 2.11 bits per heavy atom. The van der Waals surface area contributed by atoms with E-state index in [0.717, 1.165) is 24.5 Å². The van der Waals surface area contributed by atoms with Crippen LogP contribution < -0.4 is 0 Å². The Kier molecular flexibility index (Phi) is 4.33. The number of rotatable bonds is 5. The van der Waals surface area contributed by atoms with Gasteiger partial charge in [0, 0.05) is 6.54 Å². The summed E-state index contributed by atoms with van der Waals surface area (Å²) in [6.45, 7) is 2.64. The summed E-state index contributed by atoms with van der Waals surface area (Å²) in [5, 5.41) is 16.8. The Labute approximate surface area is 107 Å². The number of aromatic carboxylic acids is 1. The second kappa shape index (κ2) is 5.98. The SMILES string of the molecule is CCn1nnc(C(=O)O)c1CCC1CCCCC1. The average molecular weight is 251 g/mol. The third-order valence-electron chi connectivity index (χ3n) is 3.85. The van der Waals surface area contributed by atoms with E-state index in [1.807, 2.05) is 6.92 Å². The maximum atomic E-state index is 11.1. The molecule has 18 heavy (non-hydrogen) atoms. The first kappa shape index (κ1) is 13.1. The van der Waals surface area contributed by atoms with E-state index in [-0.39, 0.29) is 5.69 Å². The summed E-state index contributed by atoms with van der Waals surface area (Å²) < 4.78 is 1.71. The van der Waals surface area contributed by atoms with Gasteiger partial charge in [-0.25, -0.2) is 9.48 Å². The van der Waals surface area contributed by atoms with Crippen LogP contribution in [0.1, 0.15) is 61.6 Å². The summed E-state index contributed by atoms with van der Waals surface area (Å²) in [7, 11) is 0. The summed E-state index contributed by atoms with van der Waals surface area (Å²) in [6, 6.07) is 0. The highest BCUT2D eigenvalue weighted by atomic mass is 16.4. The molecule has 0 unspecified atom stereocenters. The van der Waals surface area contributed by atoms with Gasteiger partial charge in [-0.05, 0) is 25.7 Å². The lowest BCUT2D eigenvalue weighted by Crippen LogP contribution is -2.12. The molecule has 1 aromatic rings. The normalized spacial score (nSPS) is 16.9. The maximum absolute atomic E-state index is 11.1. The van der Waals surface area contributed by atoms with Crippen molar-refractivity contribution >= 4 is 5.97 Å². The van der Waals surface area contributed by atoms with Crippen molar-refractivity contribution in [3.05, 3.63) is 11.4 Å². The van der Waals surface area contributed by atoms with Gasteiger partial charge in [0.1, 0.15) is 0 Å². The highest BCUT2D eigenvalue weighted by molar-refractivity contribution is 5.86. The second-order valence-electron chi connectivity index (χ2n) is 5.05. The largest absolute Gasteiger partial charge is 0.476 e. The lowest BCUT2D eigenvalue weighted by Gasteiger charge is -2.21. The van der Waals surface area contributed by atoms with Crippen molar-refractivity contribution < 1.29 is 9.90 Å². The molecule has 0 aliphatic heterocycles. The molecule has 0 amide bonds. The molecule has 1 aliphatic carbocycles. The van der Waals surface area contributed by atoms with Gasteiger partial charge in [-0.1, -0.05) is 37.3 Å². The van der Waals surface area contributed by atoms with Crippen LogP contribution >= 0.6 is 0 Å². The molecule has 1 aliphatic rings. The molecule has 0 aromatic carbocycles. The standard InChI is InChI=1S/C13H21N3O2/c1-2-16-11(12(13(17)18)14-15-16)9-8-10-6-4-3-5-7-10/h10H,2-9H2,1H3,(H,17,18). The van der Waals surface area contributed by atoms with Gasteiger partial charge >= 0.3 is 5.97 Å². The van der Waals surface area contributed by atoms with Gasteiger partial charge in [0.2, 0.25) is 0 Å². The van der Waals surface area contributed by atoms with Crippen molar-refractivity contribution in [1.29, 1.82) is 0 Å². The third-order valence-corrected chi connectivity index (χ3v) is 3.85. The first-order valence-electron chi connectivity index (χ1n) is 6.88. The summed E-state index contributed by atoms with van der Waals surface area (Å²) in [5.74, 6) is -0.214. The van der Waals surface area contributed by atoms with E-state index in [4.69, 9.17) is 5.11 Å². The molecule has 1 heterocycles. The van der Waals surface area contributed by atoms with Crippen molar-refractivity contribution in [1.82, 2.24) is 15.0 Å². The van der Waals surface area contributed by atoms with Gasteiger partial charge < -0.3 is 5.11 Å². The highest BCUT2D eigenvalue weighted by Crippen LogP contribution is 2.27. The van der Waals surface area contributed by atoms with E-state index in [1.165, 1.54) is 32.1 Å². The number of aryl methyl sites for hydroxylation is 1. The number of nitrogens with zero attached hydrogens (tertiary/aromatic N) is 3. The van der Waals surface area contributed by atoms with Gasteiger partial charge in [-0.15, -0.1) is 5.10 Å². The van der Waals surface area contributed by atoms with E-state index < -0.39 is 5.97 Å². The van der Waals surface area contributed by atoms with Crippen LogP contribution in [-0.2, 0) is 13.0 Å². The Morgan fingerprint density at radius 1 is 1.39 bits per heavy atom. The topological polar surface area (TPSA) is 68.0 Å². The van der Waals surface area contributed by atoms with Gasteiger partial charge in [0.15, 0.2) is 5.69 Å². The van der Waals surface area contributed by atoms with E-state index >= 15 is 0 Å². The summed E-state index contributed by atoms with van der Waals surface area (Å²) in [4.78, 5) is 11.1. The minimum atomic E-state index is -0.964. The molecule has 2 rings (SSSR count). The van der Waals surface area contributed by atoms with Crippen molar-refractivity contribution in [2.45, 2.75) is 58.4 Å².